The number of carbonyl (C=O) groups excluding carboxylic acids is 2. The lowest BCUT2D eigenvalue weighted by Crippen LogP contribution is -2.59. The van der Waals surface area contributed by atoms with E-state index in [9.17, 15) is 9.59 Å². The summed E-state index contributed by atoms with van der Waals surface area (Å²) in [5.74, 6) is 1.82. The fourth-order valence-electron chi connectivity index (χ4n) is 7.40. The topological polar surface area (TPSA) is 76.7 Å². The Hall–Kier alpha value is -2.24. The van der Waals surface area contributed by atoms with Gasteiger partial charge in [-0.2, -0.15) is 0 Å². The Balaban J connectivity index is 1.40. The molecule has 1 aromatic carbocycles. The van der Waals surface area contributed by atoms with Crippen LogP contribution in [0, 0.1) is 22.2 Å². The van der Waals surface area contributed by atoms with Crippen molar-refractivity contribution in [2.24, 2.45) is 22.2 Å². The van der Waals surface area contributed by atoms with Crippen molar-refractivity contribution in [3.05, 3.63) is 23.8 Å². The van der Waals surface area contributed by atoms with Crippen molar-refractivity contribution in [3.8, 4) is 11.5 Å². The van der Waals surface area contributed by atoms with Crippen LogP contribution in [0.15, 0.2) is 18.2 Å². The fourth-order valence-corrected chi connectivity index (χ4v) is 7.40. The van der Waals surface area contributed by atoms with E-state index in [1.165, 1.54) is 19.3 Å². The second-order valence-electron chi connectivity index (χ2n) is 10.8. The zero-order chi connectivity index (χ0) is 22.3. The minimum Gasteiger partial charge on any atom is -0.493 e. The summed E-state index contributed by atoms with van der Waals surface area (Å²) in [6.07, 6.45) is 6.92. The zero-order valence-electron chi connectivity index (χ0n) is 19.3. The molecule has 2 atom stereocenters. The Morgan fingerprint density at radius 3 is 2.35 bits per heavy atom. The van der Waals surface area contributed by atoms with Crippen LogP contribution < -0.4 is 20.1 Å². The SMILES string of the molecule is CCNC(=O)COc1ccc(CNC(=O)C23CC4CC(C)(CC(C)(C4)C2)C3)cc1OC. The average molecular weight is 429 g/mol. The van der Waals surface area contributed by atoms with Crippen molar-refractivity contribution in [2.75, 3.05) is 20.3 Å². The van der Waals surface area contributed by atoms with Crippen LogP contribution >= 0.6 is 0 Å². The predicted molar refractivity (Wildman–Crippen MR) is 119 cm³/mol. The van der Waals surface area contributed by atoms with E-state index < -0.39 is 0 Å². The van der Waals surface area contributed by atoms with E-state index in [4.69, 9.17) is 9.47 Å². The molecule has 0 aliphatic heterocycles. The Bertz CT molecular complexity index is 849. The number of methoxy groups -OCH3 is 1. The molecule has 2 amide bonds. The molecular formula is C25H36N2O4. The van der Waals surface area contributed by atoms with Gasteiger partial charge in [-0.05, 0) is 79.9 Å². The lowest BCUT2D eigenvalue weighted by atomic mass is 9.40. The number of hydrogen-bond donors (Lipinski definition) is 2. The molecule has 4 fully saturated rings. The average Bonchev–Trinajstić information content (AvgIpc) is 2.68. The smallest absolute Gasteiger partial charge is 0.257 e. The third-order valence-corrected chi connectivity index (χ3v) is 7.52. The molecule has 4 aliphatic rings. The number of nitrogens with one attached hydrogen (secondary N) is 2. The second kappa shape index (κ2) is 8.03. The van der Waals surface area contributed by atoms with Gasteiger partial charge in [-0.25, -0.2) is 0 Å². The zero-order valence-corrected chi connectivity index (χ0v) is 19.3. The summed E-state index contributed by atoms with van der Waals surface area (Å²) in [4.78, 5) is 25.0. The van der Waals surface area contributed by atoms with Crippen LogP contribution in [-0.2, 0) is 16.1 Å². The van der Waals surface area contributed by atoms with Gasteiger partial charge in [-0.15, -0.1) is 0 Å². The predicted octanol–water partition coefficient (Wildman–Crippen LogP) is 3.82. The Kier molecular flexibility index (Phi) is 5.69. The first kappa shape index (κ1) is 22.0. The van der Waals surface area contributed by atoms with Crippen LogP contribution in [-0.4, -0.2) is 32.1 Å². The van der Waals surface area contributed by atoms with Gasteiger partial charge in [0.05, 0.1) is 12.5 Å². The van der Waals surface area contributed by atoms with E-state index in [1.54, 1.807) is 13.2 Å². The van der Waals surface area contributed by atoms with Gasteiger partial charge in [0.2, 0.25) is 5.91 Å². The number of ether oxygens (including phenoxy) is 2. The maximum absolute atomic E-state index is 13.4. The van der Waals surface area contributed by atoms with Crippen molar-refractivity contribution in [3.63, 3.8) is 0 Å². The minimum atomic E-state index is -0.206. The third-order valence-electron chi connectivity index (χ3n) is 7.52. The summed E-state index contributed by atoms with van der Waals surface area (Å²) in [5.41, 5.74) is 1.39. The number of carbonyl (C=O) groups is 2. The van der Waals surface area contributed by atoms with Crippen molar-refractivity contribution in [2.45, 2.75) is 65.8 Å². The molecule has 2 N–H and O–H groups in total. The number of benzene rings is 1. The van der Waals surface area contributed by atoms with Gasteiger partial charge in [0, 0.05) is 13.1 Å². The Labute approximate surface area is 185 Å². The van der Waals surface area contributed by atoms with E-state index in [-0.39, 0.29) is 23.8 Å². The van der Waals surface area contributed by atoms with Gasteiger partial charge in [-0.3, -0.25) is 9.59 Å². The highest BCUT2D eigenvalue weighted by molar-refractivity contribution is 5.83. The van der Waals surface area contributed by atoms with Crippen molar-refractivity contribution in [1.82, 2.24) is 10.6 Å². The van der Waals surface area contributed by atoms with Gasteiger partial charge in [0.1, 0.15) is 0 Å². The maximum Gasteiger partial charge on any atom is 0.257 e. The number of likely N-dealkylation sites (N-methyl/N-ethyl adjacent to an activating group) is 1. The summed E-state index contributed by atoms with van der Waals surface area (Å²) >= 11 is 0. The van der Waals surface area contributed by atoms with Gasteiger partial charge < -0.3 is 20.1 Å². The molecule has 4 aliphatic carbocycles. The van der Waals surface area contributed by atoms with Crippen molar-refractivity contribution < 1.29 is 19.1 Å². The lowest BCUT2D eigenvalue weighted by Gasteiger charge is -2.64. The maximum atomic E-state index is 13.4. The molecule has 0 radical (unpaired) electrons. The first-order valence-corrected chi connectivity index (χ1v) is 11.5. The van der Waals surface area contributed by atoms with E-state index in [2.05, 4.69) is 24.5 Å². The molecule has 6 heteroatoms. The molecule has 31 heavy (non-hydrogen) atoms. The van der Waals surface area contributed by atoms with Gasteiger partial charge in [0.25, 0.3) is 5.91 Å². The molecule has 1 aromatic rings. The van der Waals surface area contributed by atoms with Gasteiger partial charge in [-0.1, -0.05) is 19.9 Å². The molecule has 0 spiro atoms. The summed E-state index contributed by atoms with van der Waals surface area (Å²) in [5, 5.41) is 5.93. The number of hydrogen-bond acceptors (Lipinski definition) is 4. The van der Waals surface area contributed by atoms with Crippen molar-refractivity contribution >= 4 is 11.8 Å². The molecule has 6 nitrogen and oxygen atoms in total. The quantitative estimate of drug-likeness (QED) is 0.660. The van der Waals surface area contributed by atoms with E-state index >= 15 is 0 Å². The second-order valence-corrected chi connectivity index (χ2v) is 10.8. The number of amides is 2. The fraction of sp³-hybridized carbons (Fsp3) is 0.680. The summed E-state index contributed by atoms with van der Waals surface area (Å²) in [6, 6.07) is 5.58. The highest BCUT2D eigenvalue weighted by atomic mass is 16.5. The summed E-state index contributed by atoms with van der Waals surface area (Å²) in [6.45, 7) is 7.63. The van der Waals surface area contributed by atoms with E-state index in [0.717, 1.165) is 24.8 Å². The molecule has 0 heterocycles. The van der Waals surface area contributed by atoms with E-state index in [1.807, 2.05) is 19.1 Å². The minimum absolute atomic E-state index is 0.0541. The monoisotopic (exact) mass is 428 g/mol. The first-order chi connectivity index (χ1) is 14.7. The standard InChI is InChI=1S/C25H36N2O4/c1-5-26-21(28)13-31-19-7-6-17(8-20(19)30-4)12-27-22(29)25-11-18-9-23(2,15-25)14-24(3,10-18)16-25/h6-8,18H,5,9-16H2,1-4H3,(H,26,28)(H,27,29). The summed E-state index contributed by atoms with van der Waals surface area (Å²) in [7, 11) is 1.58. The largest absolute Gasteiger partial charge is 0.493 e. The number of rotatable bonds is 8. The molecule has 2 unspecified atom stereocenters. The molecule has 4 saturated carbocycles. The molecular weight excluding hydrogens is 392 g/mol. The van der Waals surface area contributed by atoms with Crippen LogP contribution in [0.2, 0.25) is 0 Å². The van der Waals surface area contributed by atoms with Crippen LogP contribution in [0.1, 0.15) is 64.9 Å². The van der Waals surface area contributed by atoms with Crippen LogP contribution in [0.4, 0.5) is 0 Å². The van der Waals surface area contributed by atoms with Crippen LogP contribution in [0.5, 0.6) is 11.5 Å². The Morgan fingerprint density at radius 1 is 1.03 bits per heavy atom. The van der Waals surface area contributed by atoms with Crippen molar-refractivity contribution in [1.29, 1.82) is 0 Å². The highest BCUT2D eigenvalue weighted by Gasteiger charge is 2.62. The molecule has 170 valence electrons. The van der Waals surface area contributed by atoms with Gasteiger partial charge in [0.15, 0.2) is 18.1 Å². The van der Waals surface area contributed by atoms with Crippen LogP contribution in [0.25, 0.3) is 0 Å². The Morgan fingerprint density at radius 2 is 1.74 bits per heavy atom. The lowest BCUT2D eigenvalue weighted by molar-refractivity contribution is -0.170. The summed E-state index contributed by atoms with van der Waals surface area (Å²) < 4.78 is 11.0. The normalized spacial score (nSPS) is 33.1. The molecule has 4 bridgehead atoms. The van der Waals surface area contributed by atoms with Crippen LogP contribution in [0.3, 0.4) is 0 Å². The first-order valence-electron chi connectivity index (χ1n) is 11.5. The van der Waals surface area contributed by atoms with E-state index in [0.29, 0.717) is 41.3 Å². The van der Waals surface area contributed by atoms with Gasteiger partial charge >= 0.3 is 0 Å². The highest BCUT2D eigenvalue weighted by Crippen LogP contribution is 2.69. The molecule has 0 saturated heterocycles. The third kappa shape index (κ3) is 4.39. The molecule has 0 aromatic heterocycles. The molecule has 5 rings (SSSR count).